The second-order valence-corrected chi connectivity index (χ2v) is 8.50. The SMILES string of the molecule is Cc1cc(/C=C2\C(=O)NC(=O)N(c3ccc(Cl)cc3)C2=O)c(-c2ccccc2)n1-c1ccccc1. The zero-order valence-corrected chi connectivity index (χ0v) is 19.5. The standard InChI is InChI=1S/C28H20ClN3O3/c1-18-16-20(25(19-8-4-2-5-9-19)31(18)22-10-6-3-7-11-22)17-24-26(33)30-28(35)32(27(24)34)23-14-12-21(29)13-15-23/h2-17H,1H3,(H,30,33,35)/b24-17+. The molecule has 4 aromatic rings. The molecule has 0 spiro atoms. The molecule has 35 heavy (non-hydrogen) atoms. The van der Waals surface area contributed by atoms with E-state index < -0.39 is 17.8 Å². The van der Waals surface area contributed by atoms with E-state index in [1.165, 1.54) is 0 Å². The number of hydrogen-bond donors (Lipinski definition) is 1. The molecule has 5 rings (SSSR count). The molecule has 0 unspecified atom stereocenters. The number of barbiturate groups is 1. The number of hydrogen-bond acceptors (Lipinski definition) is 3. The van der Waals surface area contributed by atoms with Gasteiger partial charge in [-0.3, -0.25) is 14.9 Å². The molecule has 172 valence electrons. The number of nitrogens with zero attached hydrogens (tertiary/aromatic N) is 2. The fraction of sp³-hybridized carbons (Fsp3) is 0.0357. The number of halogens is 1. The van der Waals surface area contributed by atoms with Crippen LogP contribution in [-0.2, 0) is 9.59 Å². The molecule has 1 saturated heterocycles. The smallest absolute Gasteiger partial charge is 0.313 e. The van der Waals surface area contributed by atoms with Gasteiger partial charge in [-0.25, -0.2) is 9.69 Å². The highest BCUT2D eigenvalue weighted by Gasteiger charge is 2.37. The average molecular weight is 482 g/mol. The van der Waals surface area contributed by atoms with Crippen LogP contribution in [0.5, 0.6) is 0 Å². The van der Waals surface area contributed by atoms with Crippen molar-refractivity contribution in [3.05, 3.63) is 113 Å². The van der Waals surface area contributed by atoms with Crippen LogP contribution in [0.3, 0.4) is 0 Å². The number of urea groups is 1. The highest BCUT2D eigenvalue weighted by atomic mass is 35.5. The number of anilines is 1. The van der Waals surface area contributed by atoms with Crippen LogP contribution in [0.4, 0.5) is 10.5 Å². The molecular weight excluding hydrogens is 462 g/mol. The molecular formula is C28H20ClN3O3. The molecule has 0 saturated carbocycles. The fourth-order valence-electron chi connectivity index (χ4n) is 4.21. The largest absolute Gasteiger partial charge is 0.335 e. The van der Waals surface area contributed by atoms with E-state index in [1.807, 2.05) is 73.7 Å². The van der Waals surface area contributed by atoms with E-state index in [9.17, 15) is 14.4 Å². The Labute approximate surface area is 207 Å². The molecule has 1 aromatic heterocycles. The summed E-state index contributed by atoms with van der Waals surface area (Å²) in [5, 5.41) is 2.74. The van der Waals surface area contributed by atoms with E-state index in [0.29, 0.717) is 16.3 Å². The second-order valence-electron chi connectivity index (χ2n) is 8.06. The number of benzene rings is 3. The number of para-hydroxylation sites is 1. The molecule has 1 aliphatic rings. The first-order valence-electron chi connectivity index (χ1n) is 10.9. The summed E-state index contributed by atoms with van der Waals surface area (Å²) >= 11 is 5.95. The number of carbonyl (C=O) groups is 3. The third-order valence-electron chi connectivity index (χ3n) is 5.76. The van der Waals surface area contributed by atoms with Gasteiger partial charge < -0.3 is 4.57 Å². The minimum absolute atomic E-state index is 0.137. The maximum absolute atomic E-state index is 13.4. The predicted molar refractivity (Wildman–Crippen MR) is 136 cm³/mol. The Balaban J connectivity index is 1.67. The summed E-state index contributed by atoms with van der Waals surface area (Å²) in [6.07, 6.45) is 1.54. The van der Waals surface area contributed by atoms with Crippen molar-refractivity contribution < 1.29 is 14.4 Å². The third-order valence-corrected chi connectivity index (χ3v) is 6.01. The zero-order valence-electron chi connectivity index (χ0n) is 18.7. The van der Waals surface area contributed by atoms with Crippen LogP contribution in [0.25, 0.3) is 23.0 Å². The van der Waals surface area contributed by atoms with E-state index in [2.05, 4.69) is 9.88 Å². The van der Waals surface area contributed by atoms with Crippen molar-refractivity contribution >= 4 is 41.2 Å². The number of imide groups is 2. The molecule has 6 nitrogen and oxygen atoms in total. The van der Waals surface area contributed by atoms with Gasteiger partial charge in [0.05, 0.1) is 11.4 Å². The molecule has 0 bridgehead atoms. The molecule has 1 fully saturated rings. The molecule has 0 atom stereocenters. The van der Waals surface area contributed by atoms with E-state index in [1.54, 1.807) is 30.3 Å². The first-order chi connectivity index (χ1) is 16.9. The average Bonchev–Trinajstić information content (AvgIpc) is 3.19. The number of nitrogens with one attached hydrogen (secondary N) is 1. The van der Waals surface area contributed by atoms with Crippen LogP contribution < -0.4 is 10.2 Å². The van der Waals surface area contributed by atoms with Gasteiger partial charge in [0.1, 0.15) is 5.57 Å². The van der Waals surface area contributed by atoms with Gasteiger partial charge in [-0.15, -0.1) is 0 Å². The quantitative estimate of drug-likeness (QED) is 0.297. The van der Waals surface area contributed by atoms with Crippen molar-refractivity contribution in [3.8, 4) is 16.9 Å². The molecule has 2 heterocycles. The van der Waals surface area contributed by atoms with Crippen LogP contribution in [0.1, 0.15) is 11.3 Å². The van der Waals surface area contributed by atoms with E-state index >= 15 is 0 Å². The predicted octanol–water partition coefficient (Wildman–Crippen LogP) is 5.77. The van der Waals surface area contributed by atoms with Crippen molar-refractivity contribution in [2.75, 3.05) is 4.90 Å². The van der Waals surface area contributed by atoms with Crippen LogP contribution in [0.2, 0.25) is 5.02 Å². The molecule has 0 radical (unpaired) electrons. The molecule has 1 aliphatic heterocycles. The minimum Gasteiger partial charge on any atom is -0.313 e. The summed E-state index contributed by atoms with van der Waals surface area (Å²) < 4.78 is 2.08. The van der Waals surface area contributed by atoms with Gasteiger partial charge in [-0.1, -0.05) is 60.1 Å². The molecule has 1 N–H and O–H groups in total. The van der Waals surface area contributed by atoms with Gasteiger partial charge in [0.2, 0.25) is 0 Å². The van der Waals surface area contributed by atoms with Gasteiger partial charge >= 0.3 is 6.03 Å². The van der Waals surface area contributed by atoms with Crippen molar-refractivity contribution in [3.63, 3.8) is 0 Å². The summed E-state index contributed by atoms with van der Waals surface area (Å²) in [5.41, 5.74) is 4.49. The Bertz CT molecular complexity index is 1470. The monoisotopic (exact) mass is 481 g/mol. The number of rotatable bonds is 4. The molecule has 3 aromatic carbocycles. The van der Waals surface area contributed by atoms with Crippen molar-refractivity contribution in [2.24, 2.45) is 0 Å². The Hall–Kier alpha value is -4.42. The van der Waals surface area contributed by atoms with Gasteiger partial charge in [0.25, 0.3) is 11.8 Å². The number of amides is 4. The lowest BCUT2D eigenvalue weighted by atomic mass is 10.0. The van der Waals surface area contributed by atoms with Crippen LogP contribution in [-0.4, -0.2) is 22.4 Å². The first kappa shape index (κ1) is 22.4. The highest BCUT2D eigenvalue weighted by molar-refractivity contribution is 6.39. The maximum atomic E-state index is 13.4. The van der Waals surface area contributed by atoms with Crippen LogP contribution in [0, 0.1) is 6.92 Å². The normalized spacial score (nSPS) is 15.0. The summed E-state index contributed by atoms with van der Waals surface area (Å²) in [6.45, 7) is 1.97. The Morgan fingerprint density at radius 2 is 1.43 bits per heavy atom. The fourth-order valence-corrected chi connectivity index (χ4v) is 4.34. The van der Waals surface area contributed by atoms with Crippen molar-refractivity contribution in [2.45, 2.75) is 6.92 Å². The molecule has 7 heteroatoms. The Morgan fingerprint density at radius 1 is 0.800 bits per heavy atom. The van der Waals surface area contributed by atoms with Gasteiger partial charge in [0.15, 0.2) is 0 Å². The minimum atomic E-state index is -0.805. The van der Waals surface area contributed by atoms with Crippen molar-refractivity contribution in [1.82, 2.24) is 9.88 Å². The summed E-state index contributed by atoms with van der Waals surface area (Å²) in [5.74, 6) is -1.44. The molecule has 0 aliphatic carbocycles. The Kier molecular flexibility index (Phi) is 5.81. The lowest BCUT2D eigenvalue weighted by Gasteiger charge is -2.26. The van der Waals surface area contributed by atoms with Crippen LogP contribution in [0.15, 0.2) is 96.6 Å². The van der Waals surface area contributed by atoms with E-state index in [4.69, 9.17) is 11.6 Å². The van der Waals surface area contributed by atoms with E-state index in [0.717, 1.165) is 27.5 Å². The maximum Gasteiger partial charge on any atom is 0.335 e. The van der Waals surface area contributed by atoms with Gasteiger partial charge in [-0.05, 0) is 61.0 Å². The lowest BCUT2D eigenvalue weighted by molar-refractivity contribution is -0.122. The topological polar surface area (TPSA) is 71.4 Å². The van der Waals surface area contributed by atoms with Crippen LogP contribution >= 0.6 is 11.6 Å². The number of aryl methyl sites for hydroxylation is 1. The summed E-state index contributed by atoms with van der Waals surface area (Å²) in [4.78, 5) is 39.6. The first-order valence-corrected chi connectivity index (χ1v) is 11.3. The number of aromatic nitrogens is 1. The Morgan fingerprint density at radius 3 is 2.09 bits per heavy atom. The van der Waals surface area contributed by atoms with Gasteiger partial charge in [-0.2, -0.15) is 0 Å². The second kappa shape index (κ2) is 9.08. The van der Waals surface area contributed by atoms with E-state index in [-0.39, 0.29) is 5.57 Å². The lowest BCUT2D eigenvalue weighted by Crippen LogP contribution is -2.54. The summed E-state index contributed by atoms with van der Waals surface area (Å²) in [6, 6.07) is 27.0. The molecule has 4 amide bonds. The third kappa shape index (κ3) is 4.16. The zero-order chi connectivity index (χ0) is 24.5. The summed E-state index contributed by atoms with van der Waals surface area (Å²) in [7, 11) is 0. The highest BCUT2D eigenvalue weighted by Crippen LogP contribution is 2.33. The number of carbonyl (C=O) groups excluding carboxylic acids is 3. The van der Waals surface area contributed by atoms with Gasteiger partial charge in [0, 0.05) is 22.0 Å². The van der Waals surface area contributed by atoms with Crippen molar-refractivity contribution in [1.29, 1.82) is 0 Å².